The van der Waals surface area contributed by atoms with Gasteiger partial charge in [-0.1, -0.05) is 65.9 Å². The van der Waals surface area contributed by atoms with Crippen LogP contribution in [0.25, 0.3) is 6.08 Å². The summed E-state index contributed by atoms with van der Waals surface area (Å²) in [4.78, 5) is 15.0. The van der Waals surface area contributed by atoms with Gasteiger partial charge in [0.2, 0.25) is 0 Å². The highest BCUT2D eigenvalue weighted by Gasteiger charge is 2.32. The molecule has 4 rings (SSSR count). The maximum Gasteiger partial charge on any atom is 0.266 e. The third-order valence-corrected chi connectivity index (χ3v) is 6.61. The molecular formula is C25H19ClFNO3S2. The number of thiocarbonyl (C=S) groups is 1. The standard InChI is InChI=1S/C25H19ClFNO3S2/c1-30-20-9-4-16(5-10-20)14-28-24(29)23(33-25(28)32)13-18-6-11-22(21(26)12-18)31-15-17-2-7-19(27)8-3-17/h2-13H,14-15H2,1H3. The highest BCUT2D eigenvalue weighted by atomic mass is 35.5. The third kappa shape index (κ3) is 5.74. The van der Waals surface area contributed by atoms with E-state index in [0.717, 1.165) is 22.4 Å². The van der Waals surface area contributed by atoms with Crippen molar-refractivity contribution in [2.75, 3.05) is 7.11 Å². The van der Waals surface area contributed by atoms with Crippen LogP contribution in [-0.4, -0.2) is 22.2 Å². The Kier molecular flexibility index (Phi) is 7.33. The molecule has 0 radical (unpaired) electrons. The van der Waals surface area contributed by atoms with E-state index in [0.29, 0.717) is 26.5 Å². The van der Waals surface area contributed by atoms with E-state index in [4.69, 9.17) is 33.3 Å². The molecule has 0 saturated carbocycles. The van der Waals surface area contributed by atoms with E-state index in [2.05, 4.69) is 0 Å². The molecule has 0 bridgehead atoms. The summed E-state index contributed by atoms with van der Waals surface area (Å²) in [5, 5.41) is 0.416. The van der Waals surface area contributed by atoms with Gasteiger partial charge in [-0.25, -0.2) is 4.39 Å². The molecule has 1 fully saturated rings. The van der Waals surface area contributed by atoms with Gasteiger partial charge < -0.3 is 9.47 Å². The molecule has 0 aromatic heterocycles. The Morgan fingerprint density at radius 1 is 1.06 bits per heavy atom. The number of carbonyl (C=O) groups is 1. The Morgan fingerprint density at radius 2 is 1.76 bits per heavy atom. The normalized spacial score (nSPS) is 14.8. The van der Waals surface area contributed by atoms with Gasteiger partial charge in [-0.15, -0.1) is 0 Å². The van der Waals surface area contributed by atoms with Gasteiger partial charge in [0.05, 0.1) is 23.6 Å². The van der Waals surface area contributed by atoms with Gasteiger partial charge >= 0.3 is 0 Å². The molecule has 0 spiro atoms. The summed E-state index contributed by atoms with van der Waals surface area (Å²) in [6, 6.07) is 18.9. The van der Waals surface area contributed by atoms with E-state index in [1.807, 2.05) is 30.3 Å². The third-order valence-electron chi connectivity index (χ3n) is 4.93. The van der Waals surface area contributed by atoms with Gasteiger partial charge in [0.1, 0.15) is 28.2 Å². The minimum absolute atomic E-state index is 0.145. The first-order chi connectivity index (χ1) is 15.9. The fourth-order valence-electron chi connectivity index (χ4n) is 3.17. The molecule has 3 aromatic rings. The summed E-state index contributed by atoms with van der Waals surface area (Å²) in [5.41, 5.74) is 2.55. The Morgan fingerprint density at radius 3 is 2.42 bits per heavy atom. The zero-order valence-corrected chi connectivity index (χ0v) is 20.0. The zero-order valence-electron chi connectivity index (χ0n) is 17.6. The van der Waals surface area contributed by atoms with Crippen LogP contribution in [0.3, 0.4) is 0 Å². The predicted octanol–water partition coefficient (Wildman–Crippen LogP) is 6.47. The van der Waals surface area contributed by atoms with Crippen LogP contribution < -0.4 is 9.47 Å². The lowest BCUT2D eigenvalue weighted by molar-refractivity contribution is -0.122. The number of nitrogens with zero attached hydrogens (tertiary/aromatic N) is 1. The smallest absolute Gasteiger partial charge is 0.266 e. The zero-order chi connectivity index (χ0) is 23.4. The maximum absolute atomic E-state index is 13.0. The van der Waals surface area contributed by atoms with Crippen molar-refractivity contribution in [1.82, 2.24) is 4.90 Å². The van der Waals surface area contributed by atoms with E-state index >= 15 is 0 Å². The van der Waals surface area contributed by atoms with Crippen LogP contribution in [0, 0.1) is 5.82 Å². The summed E-state index contributed by atoms with van der Waals surface area (Å²) in [6.45, 7) is 0.659. The summed E-state index contributed by atoms with van der Waals surface area (Å²) < 4.78 is 24.4. The van der Waals surface area contributed by atoms with E-state index < -0.39 is 0 Å². The Balaban J connectivity index is 1.43. The average molecular weight is 500 g/mol. The monoisotopic (exact) mass is 499 g/mol. The van der Waals surface area contributed by atoms with Gasteiger partial charge in [0, 0.05) is 0 Å². The summed E-state index contributed by atoms with van der Waals surface area (Å²) in [7, 11) is 1.61. The van der Waals surface area contributed by atoms with Crippen molar-refractivity contribution in [3.05, 3.63) is 99.2 Å². The van der Waals surface area contributed by atoms with E-state index in [1.165, 1.54) is 23.9 Å². The van der Waals surface area contributed by atoms with Gasteiger partial charge in [0.15, 0.2) is 0 Å². The number of thioether (sulfide) groups is 1. The highest BCUT2D eigenvalue weighted by molar-refractivity contribution is 8.26. The van der Waals surface area contributed by atoms with E-state index in [9.17, 15) is 9.18 Å². The second-order valence-electron chi connectivity index (χ2n) is 7.22. The number of hydrogen-bond donors (Lipinski definition) is 0. The number of amides is 1. The number of ether oxygens (including phenoxy) is 2. The van der Waals surface area contributed by atoms with Crippen molar-refractivity contribution in [3.8, 4) is 11.5 Å². The van der Waals surface area contributed by atoms with Crippen LogP contribution >= 0.6 is 35.6 Å². The second kappa shape index (κ2) is 10.4. The number of hydrogen-bond acceptors (Lipinski definition) is 5. The van der Waals surface area contributed by atoms with Gasteiger partial charge in [-0.05, 0) is 59.2 Å². The lowest BCUT2D eigenvalue weighted by Crippen LogP contribution is -2.27. The van der Waals surface area contributed by atoms with Crippen molar-refractivity contribution < 1.29 is 18.7 Å². The Labute approximate surface area is 206 Å². The molecule has 1 aliphatic rings. The van der Waals surface area contributed by atoms with Crippen LogP contribution in [0.5, 0.6) is 11.5 Å². The quantitative estimate of drug-likeness (QED) is 0.275. The molecule has 0 aliphatic carbocycles. The maximum atomic E-state index is 13.0. The molecule has 33 heavy (non-hydrogen) atoms. The summed E-state index contributed by atoms with van der Waals surface area (Å²) in [6.07, 6.45) is 1.77. The predicted molar refractivity (Wildman–Crippen MR) is 134 cm³/mol. The van der Waals surface area contributed by atoms with E-state index in [-0.39, 0.29) is 18.3 Å². The van der Waals surface area contributed by atoms with Gasteiger partial charge in [-0.2, -0.15) is 0 Å². The molecule has 0 atom stereocenters. The number of carbonyl (C=O) groups excluding carboxylic acids is 1. The molecular weight excluding hydrogens is 481 g/mol. The first-order valence-corrected chi connectivity index (χ1v) is 11.6. The number of methoxy groups -OCH3 is 1. The largest absolute Gasteiger partial charge is 0.497 e. The molecule has 8 heteroatoms. The summed E-state index contributed by atoms with van der Waals surface area (Å²) in [5.74, 6) is 0.820. The molecule has 168 valence electrons. The fraction of sp³-hybridized carbons (Fsp3) is 0.120. The molecule has 0 unspecified atom stereocenters. The van der Waals surface area contributed by atoms with Crippen molar-refractivity contribution in [3.63, 3.8) is 0 Å². The van der Waals surface area contributed by atoms with Crippen LogP contribution in [0.2, 0.25) is 5.02 Å². The molecule has 1 saturated heterocycles. The SMILES string of the molecule is COc1ccc(CN2C(=O)C(=Cc3ccc(OCc4ccc(F)cc4)c(Cl)c3)SC2=S)cc1. The molecule has 1 amide bonds. The second-order valence-corrected chi connectivity index (χ2v) is 9.30. The Hall–Kier alpha value is -2.87. The lowest BCUT2D eigenvalue weighted by Gasteiger charge is -2.14. The molecule has 0 N–H and O–H groups in total. The number of halogens is 2. The van der Waals surface area contributed by atoms with Crippen molar-refractivity contribution in [1.29, 1.82) is 0 Å². The van der Waals surface area contributed by atoms with Crippen molar-refractivity contribution in [2.24, 2.45) is 0 Å². The molecule has 1 heterocycles. The lowest BCUT2D eigenvalue weighted by atomic mass is 10.2. The van der Waals surface area contributed by atoms with Crippen LogP contribution in [0.1, 0.15) is 16.7 Å². The van der Waals surface area contributed by atoms with Crippen molar-refractivity contribution >= 4 is 51.9 Å². The molecule has 4 nitrogen and oxygen atoms in total. The first kappa shape index (κ1) is 23.3. The van der Waals surface area contributed by atoms with Crippen LogP contribution in [-0.2, 0) is 17.9 Å². The van der Waals surface area contributed by atoms with Crippen LogP contribution in [0.4, 0.5) is 4.39 Å². The Bertz CT molecular complexity index is 1210. The first-order valence-electron chi connectivity index (χ1n) is 9.98. The average Bonchev–Trinajstić information content (AvgIpc) is 3.07. The number of rotatable bonds is 7. The molecule has 1 aliphatic heterocycles. The minimum Gasteiger partial charge on any atom is -0.497 e. The fourth-order valence-corrected chi connectivity index (χ4v) is 4.67. The highest BCUT2D eigenvalue weighted by Crippen LogP contribution is 2.35. The van der Waals surface area contributed by atoms with Gasteiger partial charge in [0.25, 0.3) is 5.91 Å². The summed E-state index contributed by atoms with van der Waals surface area (Å²) >= 11 is 13.1. The van der Waals surface area contributed by atoms with Crippen LogP contribution in [0.15, 0.2) is 71.6 Å². The van der Waals surface area contributed by atoms with E-state index in [1.54, 1.807) is 42.4 Å². The van der Waals surface area contributed by atoms with Crippen molar-refractivity contribution in [2.45, 2.75) is 13.2 Å². The topological polar surface area (TPSA) is 38.8 Å². The van der Waals surface area contributed by atoms with Gasteiger partial charge in [-0.3, -0.25) is 9.69 Å². The number of benzene rings is 3. The minimum atomic E-state index is -0.296. The molecule has 3 aromatic carbocycles.